The maximum Gasteiger partial charge on any atom is 0.321 e. The van der Waals surface area contributed by atoms with E-state index < -0.39 is 12.0 Å². The Hall–Kier alpha value is -0.260. The van der Waals surface area contributed by atoms with E-state index in [1.165, 1.54) is 0 Å². The molecule has 78 valence electrons. The predicted molar refractivity (Wildman–Crippen MR) is 56.1 cm³/mol. The first kappa shape index (κ1) is 12.7. The number of nitrogens with zero attached hydrogens (tertiary/aromatic N) is 1. The van der Waals surface area contributed by atoms with Crippen molar-refractivity contribution in [1.29, 1.82) is 0 Å². The molecule has 0 aromatic carbocycles. The van der Waals surface area contributed by atoms with Crippen LogP contribution in [-0.4, -0.2) is 54.2 Å². The molecule has 0 heterocycles. The fourth-order valence-corrected chi connectivity index (χ4v) is 1.66. The number of hydrogen-bond donors (Lipinski definition) is 2. The molecule has 1 atom stereocenters. The Morgan fingerprint density at radius 3 is 2.69 bits per heavy atom. The van der Waals surface area contributed by atoms with Gasteiger partial charge in [-0.05, 0) is 32.8 Å². The van der Waals surface area contributed by atoms with Crippen molar-refractivity contribution in [2.75, 3.05) is 32.1 Å². The summed E-state index contributed by atoms with van der Waals surface area (Å²) in [5, 5.41) is 8.48. The number of hydrogen-bond acceptors (Lipinski definition) is 4. The summed E-state index contributed by atoms with van der Waals surface area (Å²) < 4.78 is 0. The zero-order valence-electron chi connectivity index (χ0n) is 8.19. The summed E-state index contributed by atoms with van der Waals surface area (Å²) in [4.78, 5) is 12.4. The minimum absolute atomic E-state index is 0.503. The first-order valence-corrected chi connectivity index (χ1v) is 5.40. The van der Waals surface area contributed by atoms with Crippen LogP contribution >= 0.6 is 11.8 Å². The third-order valence-electron chi connectivity index (χ3n) is 1.51. The Kier molecular flexibility index (Phi) is 7.03. The van der Waals surface area contributed by atoms with Gasteiger partial charge in [0.1, 0.15) is 6.04 Å². The SMILES string of the molecule is CN(C)CCCSC[C@H](N)C(=O)O. The van der Waals surface area contributed by atoms with Gasteiger partial charge < -0.3 is 15.7 Å². The van der Waals surface area contributed by atoms with Crippen LogP contribution < -0.4 is 5.73 Å². The highest BCUT2D eigenvalue weighted by Gasteiger charge is 2.10. The quantitative estimate of drug-likeness (QED) is 0.578. The average molecular weight is 206 g/mol. The van der Waals surface area contributed by atoms with Gasteiger partial charge >= 0.3 is 5.97 Å². The van der Waals surface area contributed by atoms with Gasteiger partial charge in [-0.25, -0.2) is 0 Å². The lowest BCUT2D eigenvalue weighted by molar-refractivity contribution is -0.137. The second-order valence-electron chi connectivity index (χ2n) is 3.18. The molecule has 0 spiro atoms. The number of carboxylic acid groups (broad SMARTS) is 1. The van der Waals surface area contributed by atoms with Crippen LogP contribution in [0.15, 0.2) is 0 Å². The molecule has 0 saturated carbocycles. The molecule has 0 aromatic heterocycles. The standard InChI is InChI=1S/C8H18N2O2S/c1-10(2)4-3-5-13-6-7(9)8(11)12/h7H,3-6,9H2,1-2H3,(H,11,12)/t7-/m0/s1. The molecule has 0 aliphatic rings. The topological polar surface area (TPSA) is 66.6 Å². The van der Waals surface area contributed by atoms with Gasteiger partial charge in [0.2, 0.25) is 0 Å². The fraction of sp³-hybridized carbons (Fsp3) is 0.875. The normalized spacial score (nSPS) is 13.2. The molecule has 5 heteroatoms. The Bertz CT molecular complexity index is 153. The van der Waals surface area contributed by atoms with E-state index in [-0.39, 0.29) is 0 Å². The number of aliphatic carboxylic acids is 1. The molecule has 0 unspecified atom stereocenters. The van der Waals surface area contributed by atoms with Gasteiger partial charge in [0.15, 0.2) is 0 Å². The van der Waals surface area contributed by atoms with Gasteiger partial charge in [-0.1, -0.05) is 0 Å². The van der Waals surface area contributed by atoms with Crippen LogP contribution in [-0.2, 0) is 4.79 Å². The molecule has 3 N–H and O–H groups in total. The summed E-state index contributed by atoms with van der Waals surface area (Å²) in [6.07, 6.45) is 1.07. The molecule has 0 aliphatic carbocycles. The van der Waals surface area contributed by atoms with Gasteiger partial charge in [0.25, 0.3) is 0 Å². The second-order valence-corrected chi connectivity index (χ2v) is 4.33. The lowest BCUT2D eigenvalue weighted by atomic mass is 10.4. The molecule has 4 nitrogen and oxygen atoms in total. The highest BCUT2D eigenvalue weighted by molar-refractivity contribution is 7.99. The van der Waals surface area contributed by atoms with E-state index in [9.17, 15) is 4.79 Å². The summed E-state index contributed by atoms with van der Waals surface area (Å²) in [5.74, 6) is 0.558. The average Bonchev–Trinajstić information content (AvgIpc) is 2.02. The van der Waals surface area contributed by atoms with Crippen molar-refractivity contribution >= 4 is 17.7 Å². The van der Waals surface area contributed by atoms with Gasteiger partial charge in [-0.2, -0.15) is 11.8 Å². The van der Waals surface area contributed by atoms with Gasteiger partial charge in [-0.3, -0.25) is 4.79 Å². The van der Waals surface area contributed by atoms with Crippen LogP contribution in [0, 0.1) is 0 Å². The number of carboxylic acids is 1. The Balaban J connectivity index is 3.21. The number of carbonyl (C=O) groups is 1. The molecular formula is C8H18N2O2S. The van der Waals surface area contributed by atoms with Crippen molar-refractivity contribution in [2.45, 2.75) is 12.5 Å². The van der Waals surface area contributed by atoms with Crippen molar-refractivity contribution in [1.82, 2.24) is 4.90 Å². The molecule has 13 heavy (non-hydrogen) atoms. The van der Waals surface area contributed by atoms with Gasteiger partial charge in [-0.15, -0.1) is 0 Å². The van der Waals surface area contributed by atoms with Crippen LogP contribution in [0.4, 0.5) is 0 Å². The molecule has 0 aromatic rings. The van der Waals surface area contributed by atoms with Gasteiger partial charge in [0.05, 0.1) is 0 Å². The highest BCUT2D eigenvalue weighted by atomic mass is 32.2. The number of rotatable bonds is 7. The van der Waals surface area contributed by atoms with E-state index in [2.05, 4.69) is 4.90 Å². The molecule has 0 amide bonds. The molecule has 0 bridgehead atoms. The van der Waals surface area contributed by atoms with E-state index in [1.807, 2.05) is 14.1 Å². The van der Waals surface area contributed by atoms with E-state index in [4.69, 9.17) is 10.8 Å². The molecule has 0 radical (unpaired) electrons. The Morgan fingerprint density at radius 1 is 1.62 bits per heavy atom. The van der Waals surface area contributed by atoms with Crippen LogP contribution in [0.5, 0.6) is 0 Å². The first-order valence-electron chi connectivity index (χ1n) is 4.25. The third-order valence-corrected chi connectivity index (χ3v) is 2.68. The maximum atomic E-state index is 10.3. The molecular weight excluding hydrogens is 188 g/mol. The van der Waals surface area contributed by atoms with Crippen molar-refractivity contribution in [3.05, 3.63) is 0 Å². The van der Waals surface area contributed by atoms with Crippen molar-refractivity contribution in [3.8, 4) is 0 Å². The molecule has 0 aliphatic heterocycles. The Labute approximate surface area is 83.5 Å². The summed E-state index contributed by atoms with van der Waals surface area (Å²) in [6, 6.07) is -0.718. The third kappa shape index (κ3) is 8.08. The lowest BCUT2D eigenvalue weighted by Crippen LogP contribution is -2.32. The summed E-state index contributed by atoms with van der Waals surface area (Å²) in [5.41, 5.74) is 5.33. The van der Waals surface area contributed by atoms with E-state index >= 15 is 0 Å². The van der Waals surface area contributed by atoms with Gasteiger partial charge in [0, 0.05) is 5.75 Å². The fourth-order valence-electron chi connectivity index (χ4n) is 0.764. The minimum Gasteiger partial charge on any atom is -0.480 e. The number of nitrogens with two attached hydrogens (primary N) is 1. The largest absolute Gasteiger partial charge is 0.480 e. The van der Waals surface area contributed by atoms with E-state index in [0.29, 0.717) is 5.75 Å². The zero-order valence-corrected chi connectivity index (χ0v) is 9.01. The lowest BCUT2D eigenvalue weighted by Gasteiger charge is -2.09. The summed E-state index contributed by atoms with van der Waals surface area (Å²) in [7, 11) is 4.04. The van der Waals surface area contributed by atoms with Crippen molar-refractivity contribution in [2.24, 2.45) is 5.73 Å². The van der Waals surface area contributed by atoms with Crippen LogP contribution in [0.2, 0.25) is 0 Å². The van der Waals surface area contributed by atoms with Crippen molar-refractivity contribution in [3.63, 3.8) is 0 Å². The van der Waals surface area contributed by atoms with Crippen LogP contribution in [0.25, 0.3) is 0 Å². The van der Waals surface area contributed by atoms with Crippen LogP contribution in [0.1, 0.15) is 6.42 Å². The predicted octanol–water partition coefficient (Wildman–Crippen LogP) is 0.0832. The number of thioether (sulfide) groups is 1. The highest BCUT2D eigenvalue weighted by Crippen LogP contribution is 2.04. The first-order chi connectivity index (χ1) is 6.04. The summed E-state index contributed by atoms with van der Waals surface area (Å²) >= 11 is 1.60. The van der Waals surface area contributed by atoms with E-state index in [0.717, 1.165) is 18.7 Å². The maximum absolute atomic E-state index is 10.3. The smallest absolute Gasteiger partial charge is 0.321 e. The molecule has 0 rings (SSSR count). The minimum atomic E-state index is -0.917. The van der Waals surface area contributed by atoms with E-state index in [1.54, 1.807) is 11.8 Å². The molecule has 0 fully saturated rings. The monoisotopic (exact) mass is 206 g/mol. The Morgan fingerprint density at radius 2 is 2.23 bits per heavy atom. The second kappa shape index (κ2) is 7.17. The molecule has 0 saturated heterocycles. The zero-order chi connectivity index (χ0) is 10.3. The van der Waals surface area contributed by atoms with Crippen LogP contribution in [0.3, 0.4) is 0 Å². The van der Waals surface area contributed by atoms with Crippen molar-refractivity contribution < 1.29 is 9.90 Å². The summed E-state index contributed by atoms with van der Waals surface area (Å²) in [6.45, 7) is 1.04.